The van der Waals surface area contributed by atoms with Crippen molar-refractivity contribution in [2.45, 2.75) is 19.3 Å². The van der Waals surface area contributed by atoms with Gasteiger partial charge >= 0.3 is 7.12 Å². The van der Waals surface area contributed by atoms with E-state index in [-0.39, 0.29) is 5.82 Å². The molecule has 0 spiro atoms. The van der Waals surface area contributed by atoms with E-state index in [4.69, 9.17) is 4.42 Å². The van der Waals surface area contributed by atoms with Gasteiger partial charge in [0, 0.05) is 38.1 Å². The van der Waals surface area contributed by atoms with Gasteiger partial charge in [-0.2, -0.15) is 0 Å². The number of piperazine rings is 1. The lowest BCUT2D eigenvalue weighted by molar-refractivity contribution is 0.132. The van der Waals surface area contributed by atoms with Gasteiger partial charge in [-0.05, 0) is 60.6 Å². The molecule has 1 aromatic heterocycles. The Morgan fingerprint density at radius 2 is 1.70 bits per heavy atom. The SMILES string of the molecule is OB(O)c1ccc2occ(CCCN3CCN(CCc4cccc(F)c4)CC3)c2c1. The Bertz CT molecular complexity index is 970. The topological polar surface area (TPSA) is 60.1 Å². The molecule has 2 heterocycles. The smallest absolute Gasteiger partial charge is 0.464 e. The van der Waals surface area contributed by atoms with Crippen LogP contribution in [0.5, 0.6) is 0 Å². The first-order chi connectivity index (χ1) is 14.6. The fourth-order valence-corrected chi connectivity index (χ4v) is 4.16. The standard InChI is InChI=1S/C23H28BFN2O3/c25-21-5-1-3-18(15-21)8-10-27-13-11-26(12-14-27)9-2-4-19-17-30-23-7-6-20(24(28)29)16-22(19)23/h1,3,5-7,15-17,28-29H,2,4,8-14H2. The molecule has 1 aliphatic heterocycles. The second kappa shape index (κ2) is 9.75. The third-order valence-corrected chi connectivity index (χ3v) is 5.97. The number of hydrogen-bond donors (Lipinski definition) is 2. The minimum absolute atomic E-state index is 0.161. The van der Waals surface area contributed by atoms with E-state index in [9.17, 15) is 14.4 Å². The van der Waals surface area contributed by atoms with E-state index in [0.717, 1.165) is 80.6 Å². The van der Waals surface area contributed by atoms with E-state index in [1.165, 1.54) is 6.07 Å². The quantitative estimate of drug-likeness (QED) is 0.557. The summed E-state index contributed by atoms with van der Waals surface area (Å²) < 4.78 is 18.9. The predicted molar refractivity (Wildman–Crippen MR) is 117 cm³/mol. The summed E-state index contributed by atoms with van der Waals surface area (Å²) in [6, 6.07) is 12.1. The van der Waals surface area contributed by atoms with Gasteiger partial charge in [-0.1, -0.05) is 24.3 Å². The van der Waals surface area contributed by atoms with E-state index < -0.39 is 7.12 Å². The van der Waals surface area contributed by atoms with Gasteiger partial charge in [0.05, 0.1) is 6.26 Å². The first kappa shape index (κ1) is 21.1. The van der Waals surface area contributed by atoms with Crippen LogP contribution in [0.2, 0.25) is 0 Å². The van der Waals surface area contributed by atoms with Crippen molar-refractivity contribution in [3.63, 3.8) is 0 Å². The van der Waals surface area contributed by atoms with E-state index >= 15 is 0 Å². The lowest BCUT2D eigenvalue weighted by Gasteiger charge is -2.34. The van der Waals surface area contributed by atoms with E-state index in [1.54, 1.807) is 36.6 Å². The zero-order valence-corrected chi connectivity index (χ0v) is 17.1. The Morgan fingerprint density at radius 3 is 2.43 bits per heavy atom. The molecule has 1 fully saturated rings. The van der Waals surface area contributed by atoms with Crippen molar-refractivity contribution in [2.75, 3.05) is 39.3 Å². The molecule has 0 amide bonds. The molecule has 30 heavy (non-hydrogen) atoms. The number of furan rings is 1. The normalized spacial score (nSPS) is 15.7. The minimum atomic E-state index is -1.46. The monoisotopic (exact) mass is 410 g/mol. The van der Waals surface area contributed by atoms with Crippen molar-refractivity contribution < 1.29 is 18.9 Å². The average molecular weight is 410 g/mol. The molecule has 7 heteroatoms. The van der Waals surface area contributed by atoms with Gasteiger partial charge in [-0.25, -0.2) is 4.39 Å². The molecule has 5 nitrogen and oxygen atoms in total. The summed E-state index contributed by atoms with van der Waals surface area (Å²) in [7, 11) is -1.46. The maximum atomic E-state index is 13.3. The summed E-state index contributed by atoms with van der Waals surface area (Å²) in [6.07, 6.45) is 4.60. The molecular weight excluding hydrogens is 382 g/mol. The Kier molecular flexibility index (Phi) is 6.84. The van der Waals surface area contributed by atoms with Crippen molar-refractivity contribution in [3.05, 3.63) is 65.7 Å². The Labute approximate surface area is 176 Å². The first-order valence-corrected chi connectivity index (χ1v) is 10.6. The molecule has 0 aliphatic carbocycles. The van der Waals surface area contributed by atoms with Crippen LogP contribution in [0.1, 0.15) is 17.5 Å². The lowest BCUT2D eigenvalue weighted by Crippen LogP contribution is -2.47. The fraction of sp³-hybridized carbons (Fsp3) is 0.391. The number of hydrogen-bond acceptors (Lipinski definition) is 5. The summed E-state index contributed by atoms with van der Waals surface area (Å²) >= 11 is 0. The first-order valence-electron chi connectivity index (χ1n) is 10.6. The number of fused-ring (bicyclic) bond motifs is 1. The molecule has 4 rings (SSSR count). The molecule has 158 valence electrons. The van der Waals surface area contributed by atoms with E-state index in [2.05, 4.69) is 9.80 Å². The molecule has 3 aromatic rings. The highest BCUT2D eigenvalue weighted by atomic mass is 19.1. The molecular formula is C23H28BFN2O3. The molecule has 0 saturated carbocycles. The van der Waals surface area contributed by atoms with Gasteiger partial charge in [0.1, 0.15) is 11.4 Å². The third kappa shape index (κ3) is 5.29. The van der Waals surface area contributed by atoms with E-state index in [1.807, 2.05) is 6.07 Å². The molecule has 0 unspecified atom stereocenters. The molecule has 0 atom stereocenters. The van der Waals surface area contributed by atoms with Crippen LogP contribution in [0.25, 0.3) is 11.0 Å². The number of halogens is 1. The highest BCUT2D eigenvalue weighted by Crippen LogP contribution is 2.21. The number of rotatable bonds is 8. The summed E-state index contributed by atoms with van der Waals surface area (Å²) in [5, 5.41) is 19.7. The van der Waals surface area contributed by atoms with Crippen LogP contribution in [0, 0.1) is 5.82 Å². The molecule has 1 aliphatic rings. The van der Waals surface area contributed by atoms with Crippen molar-refractivity contribution in [1.29, 1.82) is 0 Å². The Morgan fingerprint density at radius 1 is 0.933 bits per heavy atom. The Balaban J connectivity index is 1.21. The van der Waals surface area contributed by atoms with Crippen molar-refractivity contribution in [3.8, 4) is 0 Å². The second-order valence-electron chi connectivity index (χ2n) is 8.06. The predicted octanol–water partition coefficient (Wildman–Crippen LogP) is 2.04. The van der Waals surface area contributed by atoms with Crippen LogP contribution in [0.3, 0.4) is 0 Å². The number of benzene rings is 2. The highest BCUT2D eigenvalue weighted by Gasteiger charge is 2.17. The summed E-state index contributed by atoms with van der Waals surface area (Å²) in [5.41, 5.74) is 3.43. The second-order valence-corrected chi connectivity index (χ2v) is 8.06. The zero-order chi connectivity index (χ0) is 20.9. The van der Waals surface area contributed by atoms with Gasteiger partial charge < -0.3 is 24.3 Å². The molecule has 2 N–H and O–H groups in total. The van der Waals surface area contributed by atoms with Crippen molar-refractivity contribution in [2.24, 2.45) is 0 Å². The van der Waals surface area contributed by atoms with Crippen LogP contribution in [-0.4, -0.2) is 66.2 Å². The maximum Gasteiger partial charge on any atom is 0.488 e. The molecule has 0 bridgehead atoms. The van der Waals surface area contributed by atoms with Gasteiger partial charge in [-0.3, -0.25) is 0 Å². The zero-order valence-electron chi connectivity index (χ0n) is 17.1. The summed E-state index contributed by atoms with van der Waals surface area (Å²) in [6.45, 7) is 6.19. The average Bonchev–Trinajstić information content (AvgIpc) is 3.15. The third-order valence-electron chi connectivity index (χ3n) is 5.97. The minimum Gasteiger partial charge on any atom is -0.464 e. The molecule has 0 radical (unpaired) electrons. The highest BCUT2D eigenvalue weighted by molar-refractivity contribution is 6.58. The number of nitrogens with zero attached hydrogens (tertiary/aromatic N) is 2. The van der Waals surface area contributed by atoms with Crippen LogP contribution in [-0.2, 0) is 12.8 Å². The Hall–Kier alpha value is -2.19. The van der Waals surface area contributed by atoms with Crippen molar-refractivity contribution in [1.82, 2.24) is 9.80 Å². The fourth-order valence-electron chi connectivity index (χ4n) is 4.16. The van der Waals surface area contributed by atoms with Gasteiger partial charge in [-0.15, -0.1) is 0 Å². The van der Waals surface area contributed by atoms with Crippen LogP contribution in [0.15, 0.2) is 53.1 Å². The van der Waals surface area contributed by atoms with Gasteiger partial charge in [0.2, 0.25) is 0 Å². The summed E-state index contributed by atoms with van der Waals surface area (Å²) in [5.74, 6) is -0.161. The molecule has 1 saturated heterocycles. The molecule has 2 aromatic carbocycles. The number of aryl methyl sites for hydroxylation is 1. The maximum absolute atomic E-state index is 13.3. The largest absolute Gasteiger partial charge is 0.488 e. The van der Waals surface area contributed by atoms with Crippen molar-refractivity contribution >= 4 is 23.6 Å². The van der Waals surface area contributed by atoms with Gasteiger partial charge in [0.15, 0.2) is 0 Å². The van der Waals surface area contributed by atoms with E-state index in [0.29, 0.717) is 5.46 Å². The van der Waals surface area contributed by atoms with Crippen LogP contribution in [0.4, 0.5) is 4.39 Å². The summed E-state index contributed by atoms with van der Waals surface area (Å²) in [4.78, 5) is 4.94. The van der Waals surface area contributed by atoms with Crippen LogP contribution < -0.4 is 5.46 Å². The lowest BCUT2D eigenvalue weighted by atomic mass is 9.79. The van der Waals surface area contributed by atoms with Gasteiger partial charge in [0.25, 0.3) is 0 Å². The van der Waals surface area contributed by atoms with Crippen LogP contribution >= 0.6 is 0 Å².